The predicted molar refractivity (Wildman–Crippen MR) is 151 cm³/mol. The van der Waals surface area contributed by atoms with Crippen LogP contribution in [-0.4, -0.2) is 92.0 Å². The number of carbonyl (C=O) groups excluding carboxylic acids is 2. The quantitative estimate of drug-likeness (QED) is 0.216. The number of imidazole rings is 1. The lowest BCUT2D eigenvalue weighted by Crippen LogP contribution is -2.51. The molecule has 2 amide bonds. The Morgan fingerprint density at radius 3 is 2.68 bits per heavy atom. The summed E-state index contributed by atoms with van der Waals surface area (Å²) < 4.78 is 17.3. The van der Waals surface area contributed by atoms with E-state index in [0.717, 1.165) is 36.2 Å². The first kappa shape index (κ1) is 26.8. The fourth-order valence-corrected chi connectivity index (χ4v) is 5.03. The summed E-state index contributed by atoms with van der Waals surface area (Å²) in [5.74, 6) is -0.0228. The molecule has 2 fully saturated rings. The van der Waals surface area contributed by atoms with Crippen molar-refractivity contribution in [3.05, 3.63) is 60.1 Å². The fourth-order valence-electron chi connectivity index (χ4n) is 5.03. The highest BCUT2D eigenvalue weighted by Crippen LogP contribution is 2.40. The van der Waals surface area contributed by atoms with E-state index in [2.05, 4.69) is 25.8 Å². The monoisotopic (exact) mass is 560 g/mol. The van der Waals surface area contributed by atoms with Gasteiger partial charge in [0.2, 0.25) is 5.91 Å². The maximum Gasteiger partial charge on any atom is 0.254 e. The fraction of sp³-hybridized carbons (Fsp3) is 0.393. The molecule has 0 unspecified atom stereocenters. The molecule has 4 heterocycles. The van der Waals surface area contributed by atoms with E-state index in [0.29, 0.717) is 56.7 Å². The second-order valence-corrected chi connectivity index (χ2v) is 10.5. The zero-order valence-corrected chi connectivity index (χ0v) is 22.6. The third-order valence-electron chi connectivity index (χ3n) is 7.50. The third kappa shape index (κ3) is 5.91. The van der Waals surface area contributed by atoms with Gasteiger partial charge in [0.05, 0.1) is 36.0 Å². The number of nitrogens with one attached hydrogen (secondary N) is 3. The molecule has 2 aliphatic rings. The SMILES string of the molecule is NCCCNC(=O)CN1CCN(C(=O)c2ccc(Nc3nc(C4CC4)cn4c(-c5cn[nH]c5)cnc34)c(F)c2)CC1. The van der Waals surface area contributed by atoms with Crippen molar-refractivity contribution < 1.29 is 14.0 Å². The van der Waals surface area contributed by atoms with Crippen LogP contribution in [0, 0.1) is 5.82 Å². The number of hydrogen-bond donors (Lipinski definition) is 4. The predicted octanol–water partition coefficient (Wildman–Crippen LogP) is 2.10. The van der Waals surface area contributed by atoms with Crippen LogP contribution in [0.3, 0.4) is 0 Å². The molecule has 0 spiro atoms. The van der Waals surface area contributed by atoms with E-state index < -0.39 is 5.82 Å². The van der Waals surface area contributed by atoms with E-state index >= 15 is 4.39 Å². The van der Waals surface area contributed by atoms with Crippen molar-refractivity contribution in [3.63, 3.8) is 0 Å². The molecular weight excluding hydrogens is 527 g/mol. The number of benzene rings is 1. The average Bonchev–Trinajstić information content (AvgIpc) is 3.51. The summed E-state index contributed by atoms with van der Waals surface area (Å²) in [6.07, 6.45) is 10.1. The molecule has 5 N–H and O–H groups in total. The zero-order chi connectivity index (χ0) is 28.3. The van der Waals surface area contributed by atoms with Crippen LogP contribution in [0.15, 0.2) is 43.0 Å². The normalized spacial score (nSPS) is 15.8. The molecule has 6 rings (SSSR count). The standard InChI is InChI=1S/C28H33FN10O2/c29-21-12-19(28(41)38-10-8-37(9-11-38)17-25(40)31-7-1-6-30)4-5-22(21)35-26-27-32-15-24(20-13-33-34-14-20)39(27)16-23(36-26)18-2-3-18/h4-5,12-16,18H,1-3,6-11,17,30H2,(H,31,40)(H,33,34)(H,35,36). The van der Waals surface area contributed by atoms with Crippen molar-refractivity contribution in [2.24, 2.45) is 5.73 Å². The second kappa shape index (κ2) is 11.6. The first-order valence-electron chi connectivity index (χ1n) is 13.9. The summed E-state index contributed by atoms with van der Waals surface area (Å²) in [4.78, 5) is 38.2. The lowest BCUT2D eigenvalue weighted by Gasteiger charge is -2.34. The number of H-pyrrole nitrogens is 1. The molecule has 214 valence electrons. The molecule has 1 aliphatic carbocycles. The van der Waals surface area contributed by atoms with Crippen LogP contribution in [-0.2, 0) is 4.79 Å². The molecule has 1 saturated carbocycles. The lowest BCUT2D eigenvalue weighted by atomic mass is 10.1. The summed E-state index contributed by atoms with van der Waals surface area (Å²) in [6.45, 7) is 3.45. The van der Waals surface area contributed by atoms with E-state index in [1.807, 2.05) is 15.5 Å². The van der Waals surface area contributed by atoms with Gasteiger partial charge >= 0.3 is 0 Å². The summed E-state index contributed by atoms with van der Waals surface area (Å²) in [6, 6.07) is 4.44. The van der Waals surface area contributed by atoms with Crippen LogP contribution in [0.5, 0.6) is 0 Å². The Balaban J connectivity index is 1.14. The number of fused-ring (bicyclic) bond motifs is 1. The number of nitrogens with zero attached hydrogens (tertiary/aromatic N) is 6. The largest absolute Gasteiger partial charge is 0.355 e. The number of nitrogens with two attached hydrogens (primary N) is 1. The van der Waals surface area contributed by atoms with Gasteiger partial charge in [0.15, 0.2) is 11.5 Å². The van der Waals surface area contributed by atoms with E-state index in [-0.39, 0.29) is 29.6 Å². The minimum Gasteiger partial charge on any atom is -0.355 e. The van der Waals surface area contributed by atoms with E-state index in [9.17, 15) is 9.59 Å². The minimum atomic E-state index is -0.554. The summed E-state index contributed by atoms with van der Waals surface area (Å²) in [5, 5.41) is 12.8. The number of amides is 2. The number of piperazine rings is 1. The van der Waals surface area contributed by atoms with Gasteiger partial charge in [-0.2, -0.15) is 5.10 Å². The highest BCUT2D eigenvalue weighted by molar-refractivity contribution is 5.95. The first-order valence-corrected chi connectivity index (χ1v) is 13.9. The minimum absolute atomic E-state index is 0.0501. The Hall–Kier alpha value is -4.36. The van der Waals surface area contributed by atoms with Crippen LogP contribution in [0.25, 0.3) is 16.9 Å². The first-order chi connectivity index (χ1) is 20.0. The van der Waals surface area contributed by atoms with E-state index in [4.69, 9.17) is 10.7 Å². The molecule has 0 atom stereocenters. The summed E-state index contributed by atoms with van der Waals surface area (Å²) in [5.41, 5.74) is 9.17. The van der Waals surface area contributed by atoms with Gasteiger partial charge < -0.3 is 21.3 Å². The summed E-state index contributed by atoms with van der Waals surface area (Å²) in [7, 11) is 0. The molecule has 41 heavy (non-hydrogen) atoms. The van der Waals surface area contributed by atoms with Gasteiger partial charge in [-0.05, 0) is 44.0 Å². The van der Waals surface area contributed by atoms with Gasteiger partial charge in [-0.15, -0.1) is 0 Å². The number of hydrogen-bond acceptors (Lipinski definition) is 8. The van der Waals surface area contributed by atoms with Crippen LogP contribution >= 0.6 is 0 Å². The highest BCUT2D eigenvalue weighted by Gasteiger charge is 2.28. The Labute approximate surface area is 236 Å². The van der Waals surface area contributed by atoms with E-state index in [1.165, 1.54) is 6.07 Å². The van der Waals surface area contributed by atoms with Gasteiger partial charge in [0.25, 0.3) is 5.91 Å². The number of aromatic amines is 1. The third-order valence-corrected chi connectivity index (χ3v) is 7.50. The zero-order valence-electron chi connectivity index (χ0n) is 22.6. The molecule has 12 nitrogen and oxygen atoms in total. The van der Waals surface area contributed by atoms with Crippen LogP contribution in [0.2, 0.25) is 0 Å². The number of halogens is 1. The molecule has 1 aromatic carbocycles. The second-order valence-electron chi connectivity index (χ2n) is 10.5. The van der Waals surface area contributed by atoms with Gasteiger partial charge in [0, 0.05) is 62.2 Å². The molecule has 3 aromatic heterocycles. The molecule has 1 aliphatic heterocycles. The lowest BCUT2D eigenvalue weighted by molar-refractivity contribution is -0.122. The molecular formula is C28H33FN10O2. The van der Waals surface area contributed by atoms with Crippen molar-refractivity contribution in [1.82, 2.24) is 39.7 Å². The molecule has 4 aromatic rings. The van der Waals surface area contributed by atoms with E-state index in [1.54, 1.807) is 35.6 Å². The van der Waals surface area contributed by atoms with Gasteiger partial charge in [-0.1, -0.05) is 0 Å². The molecule has 1 saturated heterocycles. The van der Waals surface area contributed by atoms with Crippen molar-refractivity contribution in [2.45, 2.75) is 25.2 Å². The van der Waals surface area contributed by atoms with Gasteiger partial charge in [-0.25, -0.2) is 14.4 Å². The van der Waals surface area contributed by atoms with Crippen LogP contribution in [0.4, 0.5) is 15.9 Å². The van der Waals surface area contributed by atoms with Crippen molar-refractivity contribution in [1.29, 1.82) is 0 Å². The van der Waals surface area contributed by atoms with Crippen LogP contribution < -0.4 is 16.4 Å². The maximum absolute atomic E-state index is 15.3. The molecule has 0 bridgehead atoms. The average molecular weight is 561 g/mol. The Morgan fingerprint density at radius 2 is 1.98 bits per heavy atom. The smallest absolute Gasteiger partial charge is 0.254 e. The van der Waals surface area contributed by atoms with Gasteiger partial charge in [-0.3, -0.25) is 24.0 Å². The Kier molecular flexibility index (Phi) is 7.61. The number of aromatic nitrogens is 5. The summed E-state index contributed by atoms with van der Waals surface area (Å²) >= 11 is 0. The number of anilines is 2. The number of rotatable bonds is 10. The molecule has 13 heteroatoms. The van der Waals surface area contributed by atoms with Crippen molar-refractivity contribution >= 4 is 29.0 Å². The van der Waals surface area contributed by atoms with Crippen molar-refractivity contribution in [2.75, 3.05) is 51.1 Å². The van der Waals surface area contributed by atoms with Crippen LogP contribution in [0.1, 0.15) is 41.2 Å². The van der Waals surface area contributed by atoms with Crippen molar-refractivity contribution in [3.8, 4) is 11.3 Å². The molecule has 0 radical (unpaired) electrons. The topological polar surface area (TPSA) is 150 Å². The highest BCUT2D eigenvalue weighted by atomic mass is 19.1. The Morgan fingerprint density at radius 1 is 1.15 bits per heavy atom. The Bertz CT molecular complexity index is 1540. The van der Waals surface area contributed by atoms with Gasteiger partial charge in [0.1, 0.15) is 5.82 Å². The number of carbonyl (C=O) groups is 2. The maximum atomic E-state index is 15.3.